The lowest BCUT2D eigenvalue weighted by Gasteiger charge is -2.35. The molecule has 5 nitrogen and oxygen atoms in total. The van der Waals surface area contributed by atoms with Crippen molar-refractivity contribution >= 4 is 10.9 Å². The van der Waals surface area contributed by atoms with E-state index in [9.17, 15) is 0 Å². The van der Waals surface area contributed by atoms with Crippen molar-refractivity contribution in [2.24, 2.45) is 0 Å². The van der Waals surface area contributed by atoms with Crippen molar-refractivity contribution in [1.29, 1.82) is 0 Å². The fourth-order valence-corrected chi connectivity index (χ4v) is 4.14. The van der Waals surface area contributed by atoms with Crippen LogP contribution in [0.1, 0.15) is 37.2 Å². The molecule has 0 saturated carbocycles. The summed E-state index contributed by atoms with van der Waals surface area (Å²) in [7, 11) is 1.71. The van der Waals surface area contributed by atoms with Gasteiger partial charge in [-0.25, -0.2) is 9.97 Å². The van der Waals surface area contributed by atoms with Gasteiger partial charge >= 0.3 is 0 Å². The molecule has 1 fully saturated rings. The molecule has 1 saturated heterocycles. The molecule has 1 aliphatic heterocycles. The first-order chi connectivity index (χ1) is 13.2. The predicted octanol–water partition coefficient (Wildman–Crippen LogP) is 4.19. The molecule has 4 rings (SSSR count). The van der Waals surface area contributed by atoms with Crippen LogP contribution in [0.15, 0.2) is 42.7 Å². The Morgan fingerprint density at radius 1 is 1.19 bits per heavy atom. The molecule has 5 heteroatoms. The average Bonchev–Trinajstić information content (AvgIpc) is 3.11. The number of fused-ring (bicyclic) bond motifs is 1. The number of hydrogen-bond acceptors (Lipinski definition) is 4. The molecule has 0 N–H and O–H groups in total. The topological polar surface area (TPSA) is 43.2 Å². The van der Waals surface area contributed by atoms with E-state index in [1.165, 1.54) is 19.3 Å². The molecule has 0 spiro atoms. The van der Waals surface area contributed by atoms with E-state index in [1.54, 1.807) is 7.11 Å². The van der Waals surface area contributed by atoms with Crippen LogP contribution in [0.4, 0.5) is 0 Å². The summed E-state index contributed by atoms with van der Waals surface area (Å²) >= 11 is 0. The van der Waals surface area contributed by atoms with Gasteiger partial charge in [0.1, 0.15) is 17.1 Å². The number of para-hydroxylation sites is 1. The first kappa shape index (κ1) is 18.0. The fourth-order valence-electron chi connectivity index (χ4n) is 4.14. The summed E-state index contributed by atoms with van der Waals surface area (Å²) in [5, 5.41) is 1.13. The molecular formula is C22H28N4O. The molecule has 3 aromatic rings. The summed E-state index contributed by atoms with van der Waals surface area (Å²) in [5.74, 6) is 1.95. The van der Waals surface area contributed by atoms with Crippen molar-refractivity contribution < 1.29 is 4.74 Å². The number of rotatable bonds is 6. The third-order valence-electron chi connectivity index (χ3n) is 5.70. The number of benzene rings is 1. The maximum Gasteiger partial charge on any atom is 0.145 e. The van der Waals surface area contributed by atoms with Crippen LogP contribution in [0, 0.1) is 6.92 Å². The van der Waals surface area contributed by atoms with Crippen molar-refractivity contribution in [3.05, 3.63) is 54.2 Å². The number of aryl methyl sites for hydroxylation is 2. The van der Waals surface area contributed by atoms with Gasteiger partial charge in [-0.1, -0.05) is 24.6 Å². The molecular weight excluding hydrogens is 336 g/mol. The van der Waals surface area contributed by atoms with Gasteiger partial charge < -0.3 is 9.30 Å². The van der Waals surface area contributed by atoms with Crippen LogP contribution in [0.25, 0.3) is 10.9 Å². The highest BCUT2D eigenvalue weighted by molar-refractivity contribution is 5.84. The Balaban J connectivity index is 1.49. The molecule has 1 atom stereocenters. The van der Waals surface area contributed by atoms with Crippen molar-refractivity contribution in [2.75, 3.05) is 13.7 Å². The standard InChI is InChI=1S/C22H28N4O/c1-17-23-12-15-25(17)14-11-20-7-3-4-13-26(20)16-19-10-9-18-6-5-8-21(27-2)22(18)24-19/h5-6,8-10,12,15,20H,3-4,7,11,13-14,16H2,1-2H3. The van der Waals surface area contributed by atoms with Crippen LogP contribution in [-0.2, 0) is 13.1 Å². The van der Waals surface area contributed by atoms with E-state index in [4.69, 9.17) is 9.72 Å². The van der Waals surface area contributed by atoms with Crippen molar-refractivity contribution in [3.8, 4) is 5.75 Å². The number of likely N-dealkylation sites (tertiary alicyclic amines) is 1. The van der Waals surface area contributed by atoms with Gasteiger partial charge in [-0.3, -0.25) is 4.90 Å². The zero-order valence-corrected chi connectivity index (χ0v) is 16.3. The van der Waals surface area contributed by atoms with Crippen molar-refractivity contribution in [3.63, 3.8) is 0 Å². The van der Waals surface area contributed by atoms with Gasteiger partial charge in [0.05, 0.1) is 12.8 Å². The lowest BCUT2D eigenvalue weighted by atomic mass is 9.99. The fraction of sp³-hybridized carbons (Fsp3) is 0.455. The van der Waals surface area contributed by atoms with E-state index in [-0.39, 0.29) is 0 Å². The Hall–Kier alpha value is -2.40. The number of pyridine rings is 1. The Bertz CT molecular complexity index is 904. The second-order valence-corrected chi connectivity index (χ2v) is 7.41. The molecule has 142 valence electrons. The van der Waals surface area contributed by atoms with Crippen LogP contribution in [0.3, 0.4) is 0 Å². The number of aromatic nitrogens is 3. The van der Waals surface area contributed by atoms with Gasteiger partial charge in [0.25, 0.3) is 0 Å². The number of piperidine rings is 1. The predicted molar refractivity (Wildman–Crippen MR) is 108 cm³/mol. The summed E-state index contributed by atoms with van der Waals surface area (Å²) in [6, 6.07) is 11.0. The Labute approximate surface area is 161 Å². The minimum atomic E-state index is 0.607. The van der Waals surface area contributed by atoms with E-state index >= 15 is 0 Å². The van der Waals surface area contributed by atoms with Crippen LogP contribution in [-0.4, -0.2) is 39.1 Å². The molecule has 0 bridgehead atoms. The number of imidazole rings is 1. The third kappa shape index (κ3) is 3.98. The zero-order valence-electron chi connectivity index (χ0n) is 16.3. The molecule has 1 aromatic carbocycles. The quantitative estimate of drug-likeness (QED) is 0.658. The molecule has 0 radical (unpaired) electrons. The first-order valence-electron chi connectivity index (χ1n) is 9.89. The van der Waals surface area contributed by atoms with Gasteiger partial charge in [0, 0.05) is 36.9 Å². The third-order valence-corrected chi connectivity index (χ3v) is 5.70. The largest absolute Gasteiger partial charge is 0.494 e. The Morgan fingerprint density at radius 3 is 2.93 bits per heavy atom. The van der Waals surface area contributed by atoms with E-state index in [0.717, 1.165) is 54.2 Å². The van der Waals surface area contributed by atoms with Crippen molar-refractivity contribution in [2.45, 2.75) is 51.7 Å². The molecule has 1 aliphatic rings. The molecule has 0 amide bonds. The molecule has 2 aromatic heterocycles. The average molecular weight is 364 g/mol. The normalized spacial score (nSPS) is 18.1. The highest BCUT2D eigenvalue weighted by Gasteiger charge is 2.23. The monoisotopic (exact) mass is 364 g/mol. The SMILES string of the molecule is COc1cccc2ccc(CN3CCCCC3CCn3ccnc3C)nc12. The van der Waals surface area contributed by atoms with Crippen molar-refractivity contribution in [1.82, 2.24) is 19.4 Å². The van der Waals surface area contributed by atoms with E-state index in [2.05, 4.69) is 45.8 Å². The molecule has 27 heavy (non-hydrogen) atoms. The Kier molecular flexibility index (Phi) is 5.39. The highest BCUT2D eigenvalue weighted by atomic mass is 16.5. The maximum atomic E-state index is 5.50. The lowest BCUT2D eigenvalue weighted by molar-refractivity contribution is 0.126. The van der Waals surface area contributed by atoms with Gasteiger partial charge in [-0.15, -0.1) is 0 Å². The second-order valence-electron chi connectivity index (χ2n) is 7.41. The molecule has 3 heterocycles. The summed E-state index contributed by atoms with van der Waals surface area (Å²) in [4.78, 5) is 11.9. The van der Waals surface area contributed by atoms with Crippen LogP contribution >= 0.6 is 0 Å². The maximum absolute atomic E-state index is 5.50. The number of methoxy groups -OCH3 is 1. The number of hydrogen-bond donors (Lipinski definition) is 0. The van der Waals surface area contributed by atoms with Gasteiger partial charge in [0.15, 0.2) is 0 Å². The van der Waals surface area contributed by atoms with E-state index in [1.807, 2.05) is 18.3 Å². The lowest BCUT2D eigenvalue weighted by Crippen LogP contribution is -2.39. The summed E-state index contributed by atoms with van der Waals surface area (Å²) in [5.41, 5.74) is 2.08. The Morgan fingerprint density at radius 2 is 2.11 bits per heavy atom. The molecule has 1 unspecified atom stereocenters. The van der Waals surface area contributed by atoms with Gasteiger partial charge in [-0.2, -0.15) is 0 Å². The van der Waals surface area contributed by atoms with Gasteiger partial charge in [-0.05, 0) is 44.9 Å². The van der Waals surface area contributed by atoms with Gasteiger partial charge in [0.2, 0.25) is 0 Å². The zero-order chi connectivity index (χ0) is 18.6. The summed E-state index contributed by atoms with van der Waals surface area (Å²) < 4.78 is 7.76. The first-order valence-corrected chi connectivity index (χ1v) is 9.89. The molecule has 0 aliphatic carbocycles. The van der Waals surface area contributed by atoms with Crippen LogP contribution in [0.2, 0.25) is 0 Å². The minimum absolute atomic E-state index is 0.607. The second kappa shape index (κ2) is 8.09. The number of ether oxygens (including phenoxy) is 1. The minimum Gasteiger partial charge on any atom is -0.494 e. The highest BCUT2D eigenvalue weighted by Crippen LogP contribution is 2.26. The van der Waals surface area contributed by atoms with Crippen LogP contribution < -0.4 is 4.74 Å². The van der Waals surface area contributed by atoms with E-state index < -0.39 is 0 Å². The smallest absolute Gasteiger partial charge is 0.145 e. The number of nitrogens with zero attached hydrogens (tertiary/aromatic N) is 4. The summed E-state index contributed by atoms with van der Waals surface area (Å²) in [6.07, 6.45) is 9.00. The van der Waals surface area contributed by atoms with Crippen LogP contribution in [0.5, 0.6) is 5.75 Å². The summed E-state index contributed by atoms with van der Waals surface area (Å²) in [6.45, 7) is 5.16. The van der Waals surface area contributed by atoms with E-state index in [0.29, 0.717) is 6.04 Å².